The highest BCUT2D eigenvalue weighted by atomic mass is 15.0. The van der Waals surface area contributed by atoms with Crippen LogP contribution in [0.15, 0.2) is 188 Å². The summed E-state index contributed by atoms with van der Waals surface area (Å²) in [6.07, 6.45) is 0. The Morgan fingerprint density at radius 2 is 0.722 bits per heavy atom. The van der Waals surface area contributed by atoms with Crippen LogP contribution in [-0.2, 0) is 0 Å². The molecule has 0 bridgehead atoms. The van der Waals surface area contributed by atoms with Gasteiger partial charge in [0.05, 0.1) is 22.1 Å². The van der Waals surface area contributed by atoms with E-state index in [0.717, 1.165) is 33.6 Å². The van der Waals surface area contributed by atoms with E-state index in [1.807, 2.05) is 60.7 Å². The Morgan fingerprint density at radius 1 is 0.296 bits per heavy atom. The van der Waals surface area contributed by atoms with E-state index >= 15 is 0 Å². The first-order chi connectivity index (χ1) is 26.8. The summed E-state index contributed by atoms with van der Waals surface area (Å²) < 4.78 is 4.88. The quantitative estimate of drug-likeness (QED) is 0.181. The van der Waals surface area contributed by atoms with Crippen LogP contribution in [0.2, 0.25) is 0 Å². The van der Waals surface area contributed by atoms with Crippen molar-refractivity contribution in [2.24, 2.45) is 0 Å². The zero-order valence-corrected chi connectivity index (χ0v) is 29.1. The van der Waals surface area contributed by atoms with Crippen molar-refractivity contribution >= 4 is 54.4 Å². The van der Waals surface area contributed by atoms with E-state index in [1.165, 1.54) is 48.9 Å². The fourth-order valence-electron chi connectivity index (χ4n) is 8.23. The van der Waals surface area contributed by atoms with Gasteiger partial charge >= 0.3 is 0 Å². The molecule has 0 unspecified atom stereocenters. The summed E-state index contributed by atoms with van der Waals surface area (Å²) in [6, 6.07) is 66.1. The van der Waals surface area contributed by atoms with Crippen LogP contribution in [0, 0.1) is 0 Å². The molecule has 11 rings (SSSR count). The van der Waals surface area contributed by atoms with Gasteiger partial charge in [-0.15, -0.1) is 0 Å². The first-order valence-electron chi connectivity index (χ1n) is 18.2. The predicted octanol–water partition coefficient (Wildman–Crippen LogP) is 12.2. The standard InChI is InChI=1S/C49H31N5/c1-4-17-32(18-5-1)47-50-48(33-19-6-2-7-20-33)52-49(51-47)34-21-16-24-36(31-34)54-41-29-14-12-27-39(41)43-37-25-10-11-26-38(37)45-44(46(43)54)40-28-13-15-30-42(40)53(45)35-22-8-3-9-23-35/h1-31H. The van der Waals surface area contributed by atoms with E-state index in [0.29, 0.717) is 17.5 Å². The molecule has 5 heteroatoms. The number of nitrogens with zero attached hydrogens (tertiary/aromatic N) is 5. The maximum Gasteiger partial charge on any atom is 0.164 e. The van der Waals surface area contributed by atoms with Crippen LogP contribution in [0.1, 0.15) is 0 Å². The first kappa shape index (κ1) is 30.3. The summed E-state index contributed by atoms with van der Waals surface area (Å²) in [5, 5.41) is 7.35. The number of aromatic nitrogens is 5. The Kier molecular flexibility index (Phi) is 6.79. The van der Waals surface area contributed by atoms with Crippen LogP contribution < -0.4 is 0 Å². The Bertz CT molecular complexity index is 3140. The molecular formula is C49H31N5. The second-order valence-electron chi connectivity index (χ2n) is 13.6. The summed E-state index contributed by atoms with van der Waals surface area (Å²) in [5.74, 6) is 1.91. The van der Waals surface area contributed by atoms with Gasteiger partial charge in [-0.3, -0.25) is 0 Å². The maximum atomic E-state index is 5.08. The second-order valence-corrected chi connectivity index (χ2v) is 13.6. The molecular weight excluding hydrogens is 659 g/mol. The third kappa shape index (κ3) is 4.62. The smallest absolute Gasteiger partial charge is 0.164 e. The second kappa shape index (κ2) is 12.1. The van der Waals surface area contributed by atoms with Gasteiger partial charge in [-0.1, -0.05) is 152 Å². The lowest BCUT2D eigenvalue weighted by Crippen LogP contribution is -2.01. The van der Waals surface area contributed by atoms with Crippen molar-refractivity contribution in [3.8, 4) is 45.5 Å². The number of hydrogen-bond acceptors (Lipinski definition) is 3. The van der Waals surface area contributed by atoms with Gasteiger partial charge in [0.2, 0.25) is 0 Å². The van der Waals surface area contributed by atoms with E-state index in [2.05, 4.69) is 137 Å². The van der Waals surface area contributed by atoms with Crippen LogP contribution >= 0.6 is 0 Å². The van der Waals surface area contributed by atoms with Crippen molar-refractivity contribution < 1.29 is 0 Å². The van der Waals surface area contributed by atoms with E-state index in [4.69, 9.17) is 15.0 Å². The largest absolute Gasteiger partial charge is 0.309 e. The predicted molar refractivity (Wildman–Crippen MR) is 222 cm³/mol. The van der Waals surface area contributed by atoms with Crippen LogP contribution in [0.25, 0.3) is 99.9 Å². The summed E-state index contributed by atoms with van der Waals surface area (Å²) in [6.45, 7) is 0. The monoisotopic (exact) mass is 689 g/mol. The molecule has 0 aliphatic rings. The highest BCUT2D eigenvalue weighted by molar-refractivity contribution is 6.36. The highest BCUT2D eigenvalue weighted by Gasteiger charge is 2.24. The molecule has 0 fully saturated rings. The average molecular weight is 690 g/mol. The molecule has 3 aromatic heterocycles. The molecule has 0 aliphatic carbocycles. The van der Waals surface area contributed by atoms with Gasteiger partial charge in [0.1, 0.15) is 0 Å². The fourth-order valence-corrected chi connectivity index (χ4v) is 8.23. The maximum absolute atomic E-state index is 5.08. The molecule has 0 N–H and O–H groups in total. The van der Waals surface area contributed by atoms with Crippen molar-refractivity contribution in [3.05, 3.63) is 188 Å². The molecule has 0 atom stereocenters. The fraction of sp³-hybridized carbons (Fsp3) is 0. The molecule has 0 aliphatic heterocycles. The zero-order chi connectivity index (χ0) is 35.6. The molecule has 54 heavy (non-hydrogen) atoms. The molecule has 11 aromatic rings. The number of hydrogen-bond donors (Lipinski definition) is 0. The molecule has 0 radical (unpaired) electrons. The van der Waals surface area contributed by atoms with Crippen molar-refractivity contribution in [1.29, 1.82) is 0 Å². The minimum Gasteiger partial charge on any atom is -0.309 e. The molecule has 8 aromatic carbocycles. The minimum absolute atomic E-state index is 0.626. The van der Waals surface area contributed by atoms with E-state index in [1.54, 1.807) is 0 Å². The molecule has 0 saturated carbocycles. The summed E-state index contributed by atoms with van der Waals surface area (Å²) in [4.78, 5) is 15.1. The first-order valence-corrected chi connectivity index (χ1v) is 18.2. The lowest BCUT2D eigenvalue weighted by atomic mass is 9.99. The van der Waals surface area contributed by atoms with Gasteiger partial charge in [-0.25, -0.2) is 15.0 Å². The van der Waals surface area contributed by atoms with Crippen molar-refractivity contribution in [1.82, 2.24) is 24.1 Å². The normalized spacial score (nSPS) is 11.7. The van der Waals surface area contributed by atoms with Gasteiger partial charge in [0.25, 0.3) is 0 Å². The summed E-state index contributed by atoms with van der Waals surface area (Å²) in [5.41, 5.74) is 9.67. The Balaban J connectivity index is 1.25. The topological polar surface area (TPSA) is 48.5 Å². The number of para-hydroxylation sites is 3. The molecule has 252 valence electrons. The van der Waals surface area contributed by atoms with Crippen molar-refractivity contribution in [2.75, 3.05) is 0 Å². The van der Waals surface area contributed by atoms with E-state index in [9.17, 15) is 0 Å². The third-order valence-corrected chi connectivity index (χ3v) is 10.5. The number of rotatable bonds is 5. The highest BCUT2D eigenvalue weighted by Crippen LogP contribution is 2.46. The SMILES string of the molecule is c1ccc(-c2nc(-c3ccccc3)nc(-c3cccc(-n4c5ccccc5c5c6ccccc6c6c(c7ccccc7n6-c6ccccc6)c54)c3)n2)cc1. The van der Waals surface area contributed by atoms with Crippen molar-refractivity contribution in [3.63, 3.8) is 0 Å². The molecule has 0 saturated heterocycles. The van der Waals surface area contributed by atoms with E-state index < -0.39 is 0 Å². The molecule has 0 amide bonds. The van der Waals surface area contributed by atoms with E-state index in [-0.39, 0.29) is 0 Å². The summed E-state index contributed by atoms with van der Waals surface area (Å²) >= 11 is 0. The summed E-state index contributed by atoms with van der Waals surface area (Å²) in [7, 11) is 0. The molecule has 5 nitrogen and oxygen atoms in total. The molecule has 0 spiro atoms. The zero-order valence-electron chi connectivity index (χ0n) is 29.1. The van der Waals surface area contributed by atoms with Crippen molar-refractivity contribution in [2.45, 2.75) is 0 Å². The van der Waals surface area contributed by atoms with Crippen LogP contribution in [0.4, 0.5) is 0 Å². The van der Waals surface area contributed by atoms with Gasteiger partial charge in [-0.05, 0) is 41.8 Å². The minimum atomic E-state index is 0.626. The van der Waals surface area contributed by atoms with Crippen LogP contribution in [0.3, 0.4) is 0 Å². The lowest BCUT2D eigenvalue weighted by Gasteiger charge is -2.14. The Labute approximate surface area is 311 Å². The lowest BCUT2D eigenvalue weighted by molar-refractivity contribution is 1.07. The molecule has 3 heterocycles. The average Bonchev–Trinajstić information content (AvgIpc) is 3.79. The van der Waals surface area contributed by atoms with Gasteiger partial charge in [-0.2, -0.15) is 0 Å². The Hall–Kier alpha value is -7.37. The third-order valence-electron chi connectivity index (χ3n) is 10.5. The van der Waals surface area contributed by atoms with Crippen LogP contribution in [-0.4, -0.2) is 24.1 Å². The van der Waals surface area contributed by atoms with Gasteiger partial charge in [0.15, 0.2) is 17.5 Å². The van der Waals surface area contributed by atoms with Gasteiger partial charge in [0, 0.05) is 55.0 Å². The van der Waals surface area contributed by atoms with Gasteiger partial charge < -0.3 is 9.13 Å². The number of benzene rings is 8. The van der Waals surface area contributed by atoms with Crippen LogP contribution in [0.5, 0.6) is 0 Å². The number of fused-ring (bicyclic) bond motifs is 10. The Morgan fingerprint density at radius 3 is 1.33 bits per heavy atom.